The lowest BCUT2D eigenvalue weighted by Crippen LogP contribution is -2.31. The number of amides is 2. The number of fused-ring (bicyclic) bond motifs is 1. The van der Waals surface area contributed by atoms with Crippen molar-refractivity contribution in [1.82, 2.24) is 15.0 Å². The van der Waals surface area contributed by atoms with E-state index in [2.05, 4.69) is 15.0 Å². The van der Waals surface area contributed by atoms with Gasteiger partial charge in [-0.3, -0.25) is 14.1 Å². The third-order valence-corrected chi connectivity index (χ3v) is 4.85. The highest BCUT2D eigenvalue weighted by molar-refractivity contribution is 6.37. The van der Waals surface area contributed by atoms with Gasteiger partial charge in [0.2, 0.25) is 5.82 Å². The van der Waals surface area contributed by atoms with Crippen molar-refractivity contribution in [1.29, 1.82) is 0 Å². The van der Waals surface area contributed by atoms with E-state index in [9.17, 15) is 14.4 Å². The van der Waals surface area contributed by atoms with Crippen LogP contribution in [0.1, 0.15) is 26.5 Å². The predicted octanol–water partition coefficient (Wildman–Crippen LogP) is 2.31. The number of carbonyl (C=O) groups is 2. The van der Waals surface area contributed by atoms with E-state index < -0.39 is 17.5 Å². The summed E-state index contributed by atoms with van der Waals surface area (Å²) in [5, 5.41) is 6.21. The molecule has 0 spiro atoms. The fourth-order valence-electron chi connectivity index (χ4n) is 2.98. The number of aromatic nitrogens is 2. The lowest BCUT2D eigenvalue weighted by molar-refractivity contribution is 0.0944. The Morgan fingerprint density at radius 2 is 1.93 bits per heavy atom. The van der Waals surface area contributed by atoms with Gasteiger partial charge in [-0.2, -0.15) is 0 Å². The van der Waals surface area contributed by atoms with Gasteiger partial charge in [0, 0.05) is 12.1 Å². The van der Waals surface area contributed by atoms with E-state index in [0.717, 1.165) is 16.6 Å². The predicted molar refractivity (Wildman–Crippen MR) is 103 cm³/mol. The minimum Gasteiger partial charge on any atom is -0.454 e. The zero-order valence-electron chi connectivity index (χ0n) is 14.6. The summed E-state index contributed by atoms with van der Waals surface area (Å²) in [5.41, 5.74) is 6.75. The maximum atomic E-state index is 12.0. The molecular formula is C18H12Cl2N4O5. The second kappa shape index (κ2) is 7.26. The summed E-state index contributed by atoms with van der Waals surface area (Å²) >= 11 is 12.6. The molecule has 0 fully saturated rings. The number of hydrogen-bond acceptors (Lipinski definition) is 6. The van der Waals surface area contributed by atoms with Crippen LogP contribution in [0.25, 0.3) is 5.69 Å². The Kier molecular flexibility index (Phi) is 4.77. The second-order valence-electron chi connectivity index (χ2n) is 6.14. The Morgan fingerprint density at radius 3 is 2.62 bits per heavy atom. The molecule has 3 N–H and O–H groups in total. The molecule has 11 heteroatoms. The molecule has 9 nitrogen and oxygen atoms in total. The van der Waals surface area contributed by atoms with E-state index in [1.54, 1.807) is 18.2 Å². The van der Waals surface area contributed by atoms with Crippen LogP contribution < -0.4 is 21.5 Å². The molecule has 2 aromatic carbocycles. The van der Waals surface area contributed by atoms with E-state index in [4.69, 9.17) is 33.7 Å². The molecule has 1 aliphatic rings. The summed E-state index contributed by atoms with van der Waals surface area (Å²) in [6.07, 6.45) is 0.729. The van der Waals surface area contributed by atoms with E-state index in [0.29, 0.717) is 17.9 Å². The molecule has 0 saturated heterocycles. The topological polar surface area (TPSA) is 129 Å². The Balaban J connectivity index is 1.72. The molecule has 0 saturated carbocycles. The quantitative estimate of drug-likeness (QED) is 0.647. The second-order valence-corrected chi connectivity index (χ2v) is 6.95. The van der Waals surface area contributed by atoms with Crippen molar-refractivity contribution >= 4 is 35.0 Å². The number of rotatable bonds is 4. The molecule has 1 aromatic heterocycles. The van der Waals surface area contributed by atoms with Crippen molar-refractivity contribution in [2.24, 2.45) is 5.73 Å². The summed E-state index contributed by atoms with van der Waals surface area (Å²) in [5.74, 6) is -2.02. The lowest BCUT2D eigenvalue weighted by atomic mass is 10.0. The van der Waals surface area contributed by atoms with Crippen molar-refractivity contribution in [3.8, 4) is 17.2 Å². The lowest BCUT2D eigenvalue weighted by Gasteiger charge is -2.18. The van der Waals surface area contributed by atoms with Crippen molar-refractivity contribution in [2.45, 2.75) is 6.42 Å². The summed E-state index contributed by atoms with van der Waals surface area (Å²) < 4.78 is 11.1. The molecule has 2 heterocycles. The fraction of sp³-hybridized carbons (Fsp3) is 0.111. The van der Waals surface area contributed by atoms with Gasteiger partial charge in [0.05, 0.1) is 15.7 Å². The van der Waals surface area contributed by atoms with Gasteiger partial charge in [0.15, 0.2) is 5.75 Å². The molecule has 29 heavy (non-hydrogen) atoms. The van der Waals surface area contributed by atoms with Crippen molar-refractivity contribution in [2.75, 3.05) is 6.54 Å². The summed E-state index contributed by atoms with van der Waals surface area (Å²) in [6, 6.07) is 7.79. The maximum absolute atomic E-state index is 12.0. The highest BCUT2D eigenvalue weighted by Crippen LogP contribution is 2.38. The smallest absolute Gasteiger partial charge is 0.446 e. The van der Waals surface area contributed by atoms with Gasteiger partial charge in [-0.05, 0) is 41.4 Å². The van der Waals surface area contributed by atoms with Crippen molar-refractivity contribution in [3.05, 3.63) is 67.9 Å². The largest absolute Gasteiger partial charge is 0.454 e. The van der Waals surface area contributed by atoms with Gasteiger partial charge < -0.3 is 15.8 Å². The molecule has 1 aliphatic heterocycles. The first-order chi connectivity index (χ1) is 13.8. The van der Waals surface area contributed by atoms with Gasteiger partial charge in [-0.15, -0.1) is 0 Å². The van der Waals surface area contributed by atoms with Crippen molar-refractivity contribution in [3.63, 3.8) is 0 Å². The third kappa shape index (κ3) is 3.45. The number of nitrogens with zero attached hydrogens (tertiary/aromatic N) is 2. The first-order valence-electron chi connectivity index (χ1n) is 8.32. The maximum Gasteiger partial charge on any atom is 0.446 e. The molecule has 0 atom stereocenters. The number of nitrogens with one attached hydrogen (secondary N) is 1. The van der Waals surface area contributed by atoms with E-state index in [1.807, 2.05) is 0 Å². The summed E-state index contributed by atoms with van der Waals surface area (Å²) in [7, 11) is 0. The van der Waals surface area contributed by atoms with Gasteiger partial charge in [0.25, 0.3) is 11.8 Å². The molecule has 0 bridgehead atoms. The average molecular weight is 435 g/mol. The van der Waals surface area contributed by atoms with Crippen molar-refractivity contribution < 1.29 is 18.8 Å². The molecule has 0 radical (unpaired) electrons. The average Bonchev–Trinajstić information content (AvgIpc) is 3.07. The van der Waals surface area contributed by atoms with Crippen LogP contribution in [0.3, 0.4) is 0 Å². The molecule has 2 amide bonds. The van der Waals surface area contributed by atoms with E-state index in [-0.39, 0.29) is 27.4 Å². The number of ether oxygens (including phenoxy) is 1. The van der Waals surface area contributed by atoms with Crippen LogP contribution in [0.5, 0.6) is 11.5 Å². The van der Waals surface area contributed by atoms with E-state index in [1.165, 1.54) is 12.1 Å². The van der Waals surface area contributed by atoms with Crippen LogP contribution >= 0.6 is 23.2 Å². The van der Waals surface area contributed by atoms with Crippen LogP contribution in [0, 0.1) is 0 Å². The SMILES string of the molecule is NC(=O)c1noc(=O)n1-c1cc(Cl)c(Oc2ccc3c(c2)C(=O)NCC3)c(Cl)c1. The highest BCUT2D eigenvalue weighted by atomic mass is 35.5. The minimum absolute atomic E-state index is 0.0539. The molecule has 3 aromatic rings. The molecule has 0 unspecified atom stereocenters. The number of benzene rings is 2. The summed E-state index contributed by atoms with van der Waals surface area (Å²) in [6.45, 7) is 0.584. The number of nitrogens with two attached hydrogens (primary N) is 1. The van der Waals surface area contributed by atoms with Crippen LogP contribution in [0.4, 0.5) is 0 Å². The zero-order valence-corrected chi connectivity index (χ0v) is 16.1. The first kappa shape index (κ1) is 19.0. The zero-order chi connectivity index (χ0) is 20.7. The summed E-state index contributed by atoms with van der Waals surface area (Å²) in [4.78, 5) is 35.3. The molecule has 148 valence electrons. The van der Waals surface area contributed by atoms with Crippen LogP contribution in [0.15, 0.2) is 39.6 Å². The normalized spacial score (nSPS) is 13.0. The Morgan fingerprint density at radius 1 is 1.21 bits per heavy atom. The molecule has 0 aliphatic carbocycles. The first-order valence-corrected chi connectivity index (χ1v) is 9.07. The van der Waals surface area contributed by atoms with Gasteiger partial charge in [0.1, 0.15) is 5.75 Å². The van der Waals surface area contributed by atoms with Gasteiger partial charge in [-0.1, -0.05) is 29.3 Å². The standard InChI is InChI=1S/C18H12Cl2N4O5/c19-12-5-9(24-16(15(21)25)23-29-18(24)27)6-13(20)14(12)28-10-2-1-8-3-4-22-17(26)11(8)7-10/h1-2,5-7H,3-4H2,(H2,21,25)(H,22,26). The van der Waals surface area contributed by atoms with Gasteiger partial charge >= 0.3 is 5.76 Å². The number of halogens is 2. The highest BCUT2D eigenvalue weighted by Gasteiger charge is 2.21. The Labute approximate surface area is 172 Å². The number of hydrogen-bond donors (Lipinski definition) is 2. The number of primary amides is 1. The Hall–Kier alpha value is -3.30. The Bertz CT molecular complexity index is 1190. The van der Waals surface area contributed by atoms with Crippen LogP contribution in [-0.2, 0) is 6.42 Å². The van der Waals surface area contributed by atoms with Crippen LogP contribution in [0.2, 0.25) is 10.0 Å². The monoisotopic (exact) mass is 434 g/mol. The van der Waals surface area contributed by atoms with E-state index >= 15 is 0 Å². The van der Waals surface area contributed by atoms with Crippen LogP contribution in [-0.4, -0.2) is 28.1 Å². The number of carbonyl (C=O) groups excluding carboxylic acids is 2. The molecule has 4 rings (SSSR count). The third-order valence-electron chi connectivity index (χ3n) is 4.29. The van der Waals surface area contributed by atoms with Gasteiger partial charge in [-0.25, -0.2) is 9.36 Å². The minimum atomic E-state index is -0.962. The fourth-order valence-corrected chi connectivity index (χ4v) is 3.53. The molecular weight excluding hydrogens is 423 g/mol.